The van der Waals surface area contributed by atoms with Crippen LogP contribution in [-0.2, 0) is 9.47 Å². The van der Waals surface area contributed by atoms with Crippen LogP contribution in [0.25, 0.3) is 0 Å². The van der Waals surface area contributed by atoms with Crippen LogP contribution in [0.1, 0.15) is 64.5 Å². The fourth-order valence-corrected chi connectivity index (χ4v) is 4.06. The lowest BCUT2D eigenvalue weighted by Gasteiger charge is -2.24. The lowest BCUT2D eigenvalue weighted by atomic mass is 10.0. The molecular formula is C26H36N4O6. The number of hydrogen-bond acceptors (Lipinski definition) is 8. The fourth-order valence-electron chi connectivity index (χ4n) is 4.06. The molecule has 2 aliphatic rings. The molecule has 2 aliphatic heterocycles. The van der Waals surface area contributed by atoms with E-state index in [1.165, 1.54) is 9.80 Å². The highest BCUT2D eigenvalue weighted by Crippen LogP contribution is 2.37. The summed E-state index contributed by atoms with van der Waals surface area (Å²) in [4.78, 5) is 35.3. The van der Waals surface area contributed by atoms with Crippen molar-refractivity contribution in [1.29, 1.82) is 0 Å². The number of aliphatic hydroxyl groups is 2. The van der Waals surface area contributed by atoms with Crippen molar-refractivity contribution in [3.8, 4) is 0 Å². The van der Waals surface area contributed by atoms with E-state index < -0.39 is 23.4 Å². The number of hydrogen-bond donors (Lipinski definition) is 2. The van der Waals surface area contributed by atoms with Crippen LogP contribution in [0.5, 0.6) is 0 Å². The van der Waals surface area contributed by atoms with E-state index >= 15 is 0 Å². The highest BCUT2D eigenvalue weighted by molar-refractivity contribution is 5.91. The van der Waals surface area contributed by atoms with Gasteiger partial charge in [0.05, 0.1) is 37.0 Å². The van der Waals surface area contributed by atoms with E-state index in [9.17, 15) is 19.8 Å². The summed E-state index contributed by atoms with van der Waals surface area (Å²) in [6.45, 7) is 11.9. The Labute approximate surface area is 211 Å². The van der Waals surface area contributed by atoms with Crippen LogP contribution in [0.4, 0.5) is 21.0 Å². The predicted octanol–water partition coefficient (Wildman–Crippen LogP) is 3.83. The molecule has 10 heteroatoms. The SMILES string of the molecule is CC(C)(C)OC(=O)N1C[C@@H](CO)c2ccncc21.CC(C)(C)OC(=O)N1C[C@H](CO)c2ccncc21. The van der Waals surface area contributed by atoms with Gasteiger partial charge in [-0.15, -0.1) is 0 Å². The van der Waals surface area contributed by atoms with Gasteiger partial charge in [0, 0.05) is 37.3 Å². The first-order valence-corrected chi connectivity index (χ1v) is 11.9. The Balaban J connectivity index is 0.000000201. The highest BCUT2D eigenvalue weighted by atomic mass is 16.6. The molecule has 0 bridgehead atoms. The van der Waals surface area contributed by atoms with Crippen molar-refractivity contribution < 1.29 is 29.3 Å². The number of pyridine rings is 2. The molecule has 4 rings (SSSR count). The van der Waals surface area contributed by atoms with Crippen molar-refractivity contribution in [1.82, 2.24) is 9.97 Å². The summed E-state index contributed by atoms with van der Waals surface area (Å²) in [5.74, 6) is -0.119. The minimum absolute atomic E-state index is 0.0102. The smallest absolute Gasteiger partial charge is 0.414 e. The average Bonchev–Trinajstić information content (AvgIpc) is 3.36. The molecule has 196 valence electrons. The lowest BCUT2D eigenvalue weighted by molar-refractivity contribution is 0.0569. The summed E-state index contributed by atoms with van der Waals surface area (Å²) < 4.78 is 10.7. The van der Waals surface area contributed by atoms with Crippen molar-refractivity contribution >= 4 is 23.6 Å². The summed E-state index contributed by atoms with van der Waals surface area (Å²) in [6.07, 6.45) is 5.81. The summed E-state index contributed by atoms with van der Waals surface area (Å²) in [6, 6.07) is 3.67. The number of carbonyl (C=O) groups excluding carboxylic acids is 2. The molecule has 10 nitrogen and oxygen atoms in total. The molecule has 0 aromatic carbocycles. The summed E-state index contributed by atoms with van der Waals surface area (Å²) in [7, 11) is 0. The van der Waals surface area contributed by atoms with Crippen molar-refractivity contribution in [2.24, 2.45) is 0 Å². The first kappa shape index (κ1) is 27.3. The average molecular weight is 501 g/mol. The first-order valence-electron chi connectivity index (χ1n) is 11.9. The third kappa shape index (κ3) is 6.50. The minimum Gasteiger partial charge on any atom is -0.443 e. The molecule has 2 N–H and O–H groups in total. The van der Waals surface area contributed by atoms with Gasteiger partial charge in [0.1, 0.15) is 11.2 Å². The zero-order chi connectivity index (χ0) is 26.7. The van der Waals surface area contributed by atoms with E-state index in [4.69, 9.17) is 9.47 Å². The second kappa shape index (κ2) is 10.8. The largest absolute Gasteiger partial charge is 0.443 e. The Hall–Kier alpha value is -3.24. The number of aliphatic hydroxyl groups excluding tert-OH is 2. The van der Waals surface area contributed by atoms with Crippen molar-refractivity contribution in [2.75, 3.05) is 36.1 Å². The summed E-state index contributed by atoms with van der Waals surface area (Å²) >= 11 is 0. The van der Waals surface area contributed by atoms with Crippen LogP contribution in [0.3, 0.4) is 0 Å². The molecule has 2 atom stereocenters. The van der Waals surface area contributed by atoms with Gasteiger partial charge in [0.2, 0.25) is 0 Å². The molecule has 0 radical (unpaired) electrons. The van der Waals surface area contributed by atoms with E-state index in [0.717, 1.165) is 22.5 Å². The van der Waals surface area contributed by atoms with Crippen LogP contribution in [0.2, 0.25) is 0 Å². The molecule has 0 unspecified atom stereocenters. The lowest BCUT2D eigenvalue weighted by Crippen LogP contribution is -2.36. The third-order valence-corrected chi connectivity index (χ3v) is 5.60. The Morgan fingerprint density at radius 3 is 1.47 bits per heavy atom. The Bertz CT molecular complexity index is 993. The number of fused-ring (bicyclic) bond motifs is 2. The van der Waals surface area contributed by atoms with E-state index in [-0.39, 0.29) is 25.0 Å². The molecule has 0 aliphatic carbocycles. The number of aromatic nitrogens is 2. The predicted molar refractivity (Wildman–Crippen MR) is 135 cm³/mol. The fraction of sp³-hybridized carbons (Fsp3) is 0.538. The molecular weight excluding hydrogens is 464 g/mol. The molecule has 0 fully saturated rings. The molecule has 2 amide bonds. The standard InChI is InChI=1S/2C13H18N2O3/c2*1-13(2,3)18-12(17)15-7-9(8-16)10-4-5-14-6-11(10)15/h2*4-6,9,16H,7-8H2,1-3H3/t2*9-/m10/s1. The zero-order valence-electron chi connectivity index (χ0n) is 21.8. The molecule has 0 saturated carbocycles. The Morgan fingerprint density at radius 1 is 0.806 bits per heavy atom. The van der Waals surface area contributed by atoms with Crippen molar-refractivity contribution in [3.05, 3.63) is 48.0 Å². The van der Waals surface area contributed by atoms with Crippen molar-refractivity contribution in [3.63, 3.8) is 0 Å². The molecule has 0 saturated heterocycles. The molecule has 4 heterocycles. The molecule has 2 aromatic heterocycles. The van der Waals surface area contributed by atoms with Crippen LogP contribution in [0.15, 0.2) is 36.9 Å². The monoisotopic (exact) mass is 500 g/mol. The maximum Gasteiger partial charge on any atom is 0.414 e. The third-order valence-electron chi connectivity index (χ3n) is 5.60. The van der Waals surface area contributed by atoms with E-state index in [1.54, 1.807) is 24.8 Å². The van der Waals surface area contributed by atoms with Crippen molar-refractivity contribution in [2.45, 2.75) is 64.6 Å². The number of amides is 2. The number of rotatable bonds is 2. The van der Waals surface area contributed by atoms with E-state index in [0.29, 0.717) is 13.1 Å². The van der Waals surface area contributed by atoms with Gasteiger partial charge in [0.15, 0.2) is 0 Å². The zero-order valence-corrected chi connectivity index (χ0v) is 21.8. The van der Waals surface area contributed by atoms with E-state index in [2.05, 4.69) is 9.97 Å². The quantitative estimate of drug-likeness (QED) is 0.637. The topological polar surface area (TPSA) is 125 Å². The normalized spacial score (nSPS) is 18.7. The van der Waals surface area contributed by atoms with Crippen LogP contribution >= 0.6 is 0 Å². The van der Waals surface area contributed by atoms with Crippen LogP contribution in [0, 0.1) is 0 Å². The number of anilines is 2. The van der Waals surface area contributed by atoms with Gasteiger partial charge in [-0.3, -0.25) is 19.8 Å². The number of nitrogens with zero attached hydrogens (tertiary/aromatic N) is 4. The van der Waals surface area contributed by atoms with Crippen LogP contribution in [-0.4, -0.2) is 69.9 Å². The van der Waals surface area contributed by atoms with Gasteiger partial charge in [-0.25, -0.2) is 9.59 Å². The molecule has 36 heavy (non-hydrogen) atoms. The van der Waals surface area contributed by atoms with Gasteiger partial charge in [-0.1, -0.05) is 0 Å². The van der Waals surface area contributed by atoms with E-state index in [1.807, 2.05) is 53.7 Å². The van der Waals surface area contributed by atoms with Gasteiger partial charge in [0.25, 0.3) is 0 Å². The second-order valence-corrected chi connectivity index (χ2v) is 10.8. The Morgan fingerprint density at radius 2 is 1.17 bits per heavy atom. The maximum atomic E-state index is 12.1. The van der Waals surface area contributed by atoms with Gasteiger partial charge in [-0.05, 0) is 64.8 Å². The maximum absolute atomic E-state index is 12.1. The number of ether oxygens (including phenoxy) is 2. The van der Waals surface area contributed by atoms with Crippen LogP contribution < -0.4 is 9.80 Å². The highest BCUT2D eigenvalue weighted by Gasteiger charge is 2.35. The minimum atomic E-state index is -0.531. The van der Waals surface area contributed by atoms with Gasteiger partial charge >= 0.3 is 12.2 Å². The van der Waals surface area contributed by atoms with Gasteiger partial charge < -0.3 is 19.7 Å². The Kier molecular flexibility index (Phi) is 8.20. The summed E-state index contributed by atoms with van der Waals surface area (Å²) in [5.41, 5.74) is 2.28. The second-order valence-electron chi connectivity index (χ2n) is 10.8. The molecule has 0 spiro atoms. The van der Waals surface area contributed by atoms with Gasteiger partial charge in [-0.2, -0.15) is 0 Å². The molecule has 2 aromatic rings. The number of carbonyl (C=O) groups is 2. The first-order chi connectivity index (χ1) is 16.8. The summed E-state index contributed by atoms with van der Waals surface area (Å²) in [5, 5.41) is 18.7.